The minimum absolute atomic E-state index is 0.00830. The van der Waals surface area contributed by atoms with Crippen molar-refractivity contribution < 1.29 is 29.7 Å². The highest BCUT2D eigenvalue weighted by Crippen LogP contribution is 2.26. The molecule has 0 bridgehead atoms. The van der Waals surface area contributed by atoms with E-state index in [1.807, 2.05) is 12.2 Å². The van der Waals surface area contributed by atoms with Crippen molar-refractivity contribution in [2.24, 2.45) is 0 Å². The molecule has 0 fully saturated rings. The Bertz CT molecular complexity index is 543. The van der Waals surface area contributed by atoms with Gasteiger partial charge in [-0.1, -0.05) is 70.4 Å². The molecule has 0 aliphatic heterocycles. The van der Waals surface area contributed by atoms with Crippen LogP contribution >= 0.6 is 11.8 Å². The molecule has 186 valence electrons. The smallest absolute Gasteiger partial charge is 0.323 e. The number of unbranched alkanes of at least 4 members (excludes halogenated alkanes) is 9. The van der Waals surface area contributed by atoms with E-state index in [4.69, 9.17) is 10.2 Å². The van der Waals surface area contributed by atoms with Gasteiger partial charge in [-0.3, -0.25) is 14.4 Å². The van der Waals surface area contributed by atoms with Crippen LogP contribution < -0.4 is 0 Å². The lowest BCUT2D eigenvalue weighted by Gasteiger charge is -2.28. The quantitative estimate of drug-likeness (QED) is 0.0870. The van der Waals surface area contributed by atoms with Gasteiger partial charge in [0.15, 0.2) is 0 Å². The maximum absolute atomic E-state index is 11.2. The number of allylic oxidation sites excluding steroid dienone is 1. The van der Waals surface area contributed by atoms with Gasteiger partial charge in [0.1, 0.15) is 6.54 Å². The Labute approximate surface area is 197 Å². The highest BCUT2D eigenvalue weighted by atomic mass is 32.2. The van der Waals surface area contributed by atoms with Crippen LogP contribution in [0.1, 0.15) is 97.3 Å². The summed E-state index contributed by atoms with van der Waals surface area (Å²) >= 11 is 1.31. The zero-order valence-electron chi connectivity index (χ0n) is 19.8. The van der Waals surface area contributed by atoms with E-state index in [1.54, 1.807) is 6.92 Å². The third-order valence-electron chi connectivity index (χ3n) is 5.34. The van der Waals surface area contributed by atoms with Crippen LogP contribution in [0.5, 0.6) is 0 Å². The van der Waals surface area contributed by atoms with Crippen LogP contribution in [-0.4, -0.2) is 61.8 Å². The number of aliphatic carboxylic acids is 2. The Morgan fingerprint density at radius 1 is 0.938 bits per heavy atom. The van der Waals surface area contributed by atoms with Gasteiger partial charge >= 0.3 is 11.9 Å². The van der Waals surface area contributed by atoms with E-state index in [9.17, 15) is 19.5 Å². The number of carboxylic acid groups (broad SMARTS) is 2. The van der Waals surface area contributed by atoms with E-state index in [1.165, 1.54) is 68.0 Å². The molecule has 0 aliphatic carbocycles. The average molecular weight is 474 g/mol. The number of aliphatic hydroxyl groups is 1. The molecule has 0 heterocycles. The molecule has 0 aromatic rings. The van der Waals surface area contributed by atoms with Crippen LogP contribution in [0, 0.1) is 0 Å². The minimum atomic E-state index is -1.09. The van der Waals surface area contributed by atoms with E-state index in [0.717, 1.165) is 12.8 Å². The molecule has 0 saturated carbocycles. The molecule has 3 unspecified atom stereocenters. The lowest BCUT2D eigenvalue weighted by molar-refractivity contribution is -0.141. The van der Waals surface area contributed by atoms with E-state index < -0.39 is 30.0 Å². The van der Waals surface area contributed by atoms with Gasteiger partial charge < -0.3 is 20.2 Å². The van der Waals surface area contributed by atoms with Crippen molar-refractivity contribution in [2.45, 2.75) is 114 Å². The highest BCUT2D eigenvalue weighted by Gasteiger charge is 2.24. The molecule has 32 heavy (non-hydrogen) atoms. The summed E-state index contributed by atoms with van der Waals surface area (Å²) in [5.74, 6) is -1.99. The maximum Gasteiger partial charge on any atom is 0.323 e. The molecule has 0 aromatic heterocycles. The third-order valence-corrected chi connectivity index (χ3v) is 6.79. The van der Waals surface area contributed by atoms with Crippen LogP contribution in [0.2, 0.25) is 0 Å². The number of aliphatic hydroxyl groups excluding tert-OH is 1. The average Bonchev–Trinajstić information content (AvgIpc) is 2.74. The lowest BCUT2D eigenvalue weighted by Crippen LogP contribution is -2.36. The number of carbonyl (C=O) groups is 3. The maximum atomic E-state index is 11.2. The molecule has 7 nitrogen and oxygen atoms in total. The summed E-state index contributed by atoms with van der Waals surface area (Å²) in [6.45, 7) is 3.55. The molecule has 0 spiro atoms. The van der Waals surface area contributed by atoms with E-state index >= 15 is 0 Å². The van der Waals surface area contributed by atoms with E-state index in [-0.39, 0.29) is 11.7 Å². The van der Waals surface area contributed by atoms with Gasteiger partial charge in [0.25, 0.3) is 0 Å². The highest BCUT2D eigenvalue weighted by molar-refractivity contribution is 8.00. The fraction of sp³-hybridized carbons (Fsp3) is 0.792. The van der Waals surface area contributed by atoms with E-state index in [0.29, 0.717) is 19.3 Å². The summed E-state index contributed by atoms with van der Waals surface area (Å²) < 4.78 is 0. The van der Waals surface area contributed by atoms with Crippen molar-refractivity contribution in [1.82, 2.24) is 4.90 Å². The Hall–Kier alpha value is -1.54. The topological polar surface area (TPSA) is 115 Å². The van der Waals surface area contributed by atoms with Gasteiger partial charge in [-0.05, 0) is 32.6 Å². The van der Waals surface area contributed by atoms with Gasteiger partial charge in [-0.25, -0.2) is 0 Å². The Kier molecular flexibility index (Phi) is 19.1. The number of hydrogen-bond acceptors (Lipinski definition) is 5. The Balaban J connectivity index is 4.55. The molecule has 8 heteroatoms. The predicted octanol–water partition coefficient (Wildman–Crippen LogP) is 5.07. The van der Waals surface area contributed by atoms with Crippen LogP contribution in [0.25, 0.3) is 0 Å². The second-order valence-electron chi connectivity index (χ2n) is 8.27. The molecule has 3 N–H and O–H groups in total. The summed E-state index contributed by atoms with van der Waals surface area (Å²) in [7, 11) is 0. The summed E-state index contributed by atoms with van der Waals surface area (Å²) in [6.07, 6.45) is 16.6. The fourth-order valence-corrected chi connectivity index (χ4v) is 4.66. The monoisotopic (exact) mass is 473 g/mol. The van der Waals surface area contributed by atoms with Crippen LogP contribution in [0.15, 0.2) is 12.2 Å². The van der Waals surface area contributed by atoms with Crippen LogP contribution in [0.3, 0.4) is 0 Å². The van der Waals surface area contributed by atoms with Gasteiger partial charge in [0.2, 0.25) is 6.41 Å². The third kappa shape index (κ3) is 17.1. The molecule has 0 rings (SSSR count). The standard InChI is InChI=1S/C24H43NO6S/c1-3-4-5-6-7-8-9-10-11-12-13-16-22(21(27)15-14-17-23(28)29)32-20(2)25(19-26)18-24(30)31/h13,16,19-22,27H,3-12,14-15,17-18H2,1-2H3,(H,28,29)(H,30,31)/b16-13-. The van der Waals surface area contributed by atoms with Crippen LogP contribution in [-0.2, 0) is 14.4 Å². The largest absolute Gasteiger partial charge is 0.481 e. The number of carboxylic acids is 2. The molecule has 1 amide bonds. The molecule has 0 aliphatic rings. The SMILES string of the molecule is CCCCCCCCCCC/C=C\C(SC(C)N(C=O)CC(=O)O)C(O)CCCC(=O)O. The number of hydrogen-bond donors (Lipinski definition) is 3. The number of thioether (sulfide) groups is 1. The normalized spacial score (nSPS) is 14.2. The van der Waals surface area contributed by atoms with Gasteiger partial charge in [0.05, 0.1) is 16.7 Å². The summed E-state index contributed by atoms with van der Waals surface area (Å²) in [5, 5.41) is 27.6. The first-order valence-electron chi connectivity index (χ1n) is 12.0. The van der Waals surface area contributed by atoms with Gasteiger partial charge in [0, 0.05) is 6.42 Å². The van der Waals surface area contributed by atoms with Crippen LogP contribution in [0.4, 0.5) is 0 Å². The first-order valence-corrected chi connectivity index (χ1v) is 12.9. The Morgan fingerprint density at radius 2 is 1.53 bits per heavy atom. The zero-order valence-corrected chi connectivity index (χ0v) is 20.6. The molecule has 0 saturated heterocycles. The summed E-state index contributed by atoms with van der Waals surface area (Å²) in [4.78, 5) is 34.1. The number of rotatable bonds is 22. The molecule has 0 radical (unpaired) electrons. The second kappa shape index (κ2) is 20.1. The molecule has 3 atom stereocenters. The second-order valence-corrected chi connectivity index (χ2v) is 9.77. The van der Waals surface area contributed by atoms with Crippen molar-refractivity contribution in [1.29, 1.82) is 0 Å². The van der Waals surface area contributed by atoms with Crippen molar-refractivity contribution >= 4 is 30.1 Å². The van der Waals surface area contributed by atoms with Crippen molar-refractivity contribution in [3.05, 3.63) is 12.2 Å². The first-order chi connectivity index (χ1) is 15.3. The lowest BCUT2D eigenvalue weighted by atomic mass is 10.1. The van der Waals surface area contributed by atoms with Crippen molar-refractivity contribution in [3.63, 3.8) is 0 Å². The molecular formula is C24H43NO6S. The number of carbonyl (C=O) groups excluding carboxylic acids is 1. The summed E-state index contributed by atoms with van der Waals surface area (Å²) in [5.41, 5.74) is 0. The fourth-order valence-electron chi connectivity index (χ4n) is 3.41. The number of amides is 1. The van der Waals surface area contributed by atoms with Gasteiger partial charge in [-0.2, -0.15) is 0 Å². The predicted molar refractivity (Wildman–Crippen MR) is 130 cm³/mol. The number of nitrogens with zero attached hydrogens (tertiary/aromatic N) is 1. The minimum Gasteiger partial charge on any atom is -0.481 e. The Morgan fingerprint density at radius 3 is 2.06 bits per heavy atom. The first kappa shape index (κ1) is 30.5. The molecular weight excluding hydrogens is 430 g/mol. The summed E-state index contributed by atoms with van der Waals surface area (Å²) in [6, 6.07) is 0. The zero-order chi connectivity index (χ0) is 24.2. The van der Waals surface area contributed by atoms with Crippen molar-refractivity contribution in [3.8, 4) is 0 Å². The molecule has 0 aromatic carbocycles. The van der Waals surface area contributed by atoms with Crippen molar-refractivity contribution in [2.75, 3.05) is 6.54 Å². The van der Waals surface area contributed by atoms with E-state index in [2.05, 4.69) is 6.92 Å². The van der Waals surface area contributed by atoms with Gasteiger partial charge in [-0.15, -0.1) is 11.8 Å².